The maximum Gasteiger partial charge on any atom is 0.317 e. The topological polar surface area (TPSA) is 102 Å². The molecule has 0 saturated carbocycles. The van der Waals surface area contributed by atoms with Gasteiger partial charge in [-0.05, 0) is 25.7 Å². The molecule has 2 amide bonds. The van der Waals surface area contributed by atoms with Crippen LogP contribution in [-0.4, -0.2) is 48.9 Å². The van der Waals surface area contributed by atoms with Gasteiger partial charge in [0.25, 0.3) is 0 Å². The van der Waals surface area contributed by atoms with Crippen molar-refractivity contribution in [3.05, 3.63) is 23.4 Å². The molecule has 0 atom stereocenters. The number of likely N-dealkylation sites (tertiary alicyclic amines) is 1. The van der Waals surface area contributed by atoms with Gasteiger partial charge >= 0.3 is 6.03 Å². The van der Waals surface area contributed by atoms with Gasteiger partial charge in [0.15, 0.2) is 5.82 Å². The summed E-state index contributed by atoms with van der Waals surface area (Å²) in [7, 11) is 0. The maximum absolute atomic E-state index is 12.4. The van der Waals surface area contributed by atoms with E-state index in [1.165, 1.54) is 19.3 Å². The van der Waals surface area contributed by atoms with Gasteiger partial charge in [-0.3, -0.25) is 0 Å². The van der Waals surface area contributed by atoms with E-state index in [9.17, 15) is 4.79 Å². The van der Waals surface area contributed by atoms with E-state index in [2.05, 4.69) is 30.2 Å². The van der Waals surface area contributed by atoms with Crippen molar-refractivity contribution in [1.29, 1.82) is 0 Å². The molecule has 0 spiro atoms. The first kappa shape index (κ1) is 17.9. The monoisotopic (exact) mass is 373 g/mol. The van der Waals surface area contributed by atoms with E-state index < -0.39 is 0 Å². The van der Waals surface area contributed by atoms with Crippen molar-refractivity contribution in [3.63, 3.8) is 0 Å². The van der Waals surface area contributed by atoms with E-state index in [-0.39, 0.29) is 6.03 Å². The molecule has 1 saturated heterocycles. The molecule has 1 N–H and O–H groups in total. The van der Waals surface area contributed by atoms with Crippen LogP contribution in [0.4, 0.5) is 4.79 Å². The highest BCUT2D eigenvalue weighted by molar-refractivity contribution is 5.74. The molecular formula is C18H27N7O2. The fraction of sp³-hybridized carbons (Fsp3) is 0.722. The number of urea groups is 1. The highest BCUT2D eigenvalue weighted by atomic mass is 16.5. The maximum atomic E-state index is 12.4. The molecule has 4 heterocycles. The minimum atomic E-state index is -0.0728. The fourth-order valence-electron chi connectivity index (χ4n) is 3.92. The Labute approximate surface area is 158 Å². The minimum absolute atomic E-state index is 0.0728. The quantitative estimate of drug-likeness (QED) is 0.880. The first-order valence-electron chi connectivity index (χ1n) is 10.0. The number of carbonyl (C=O) groups is 1. The van der Waals surface area contributed by atoms with Crippen molar-refractivity contribution < 1.29 is 9.32 Å². The molecule has 2 aromatic rings. The van der Waals surface area contributed by atoms with E-state index in [1.54, 1.807) is 0 Å². The summed E-state index contributed by atoms with van der Waals surface area (Å²) in [6.45, 7) is 4.73. The predicted molar refractivity (Wildman–Crippen MR) is 97.0 cm³/mol. The first-order chi connectivity index (χ1) is 13.2. The van der Waals surface area contributed by atoms with Crippen molar-refractivity contribution in [2.24, 2.45) is 0 Å². The molecule has 0 unspecified atom stereocenters. The number of amides is 2. The molecule has 2 aromatic heterocycles. The van der Waals surface area contributed by atoms with E-state index in [4.69, 9.17) is 4.52 Å². The van der Waals surface area contributed by atoms with Crippen molar-refractivity contribution in [2.75, 3.05) is 13.1 Å². The molecule has 2 aliphatic heterocycles. The Morgan fingerprint density at radius 3 is 2.81 bits per heavy atom. The van der Waals surface area contributed by atoms with Crippen LogP contribution < -0.4 is 5.32 Å². The van der Waals surface area contributed by atoms with Crippen LogP contribution in [0.1, 0.15) is 68.3 Å². The number of hydrogen-bond donors (Lipinski definition) is 1. The van der Waals surface area contributed by atoms with Crippen LogP contribution in [0.15, 0.2) is 4.52 Å². The van der Waals surface area contributed by atoms with Gasteiger partial charge < -0.3 is 19.3 Å². The van der Waals surface area contributed by atoms with Gasteiger partial charge in [-0.15, -0.1) is 10.2 Å². The lowest BCUT2D eigenvalue weighted by atomic mass is 9.96. The summed E-state index contributed by atoms with van der Waals surface area (Å²) >= 11 is 0. The number of nitrogens with zero attached hydrogens (tertiary/aromatic N) is 6. The lowest BCUT2D eigenvalue weighted by molar-refractivity contribution is 0.179. The predicted octanol–water partition coefficient (Wildman–Crippen LogP) is 2.04. The summed E-state index contributed by atoms with van der Waals surface area (Å²) in [5.74, 6) is 3.74. The average Bonchev–Trinajstić information content (AvgIpc) is 3.27. The average molecular weight is 373 g/mol. The Kier molecular flexibility index (Phi) is 5.35. The number of nitrogens with one attached hydrogen (secondary N) is 1. The zero-order valence-corrected chi connectivity index (χ0v) is 15.9. The van der Waals surface area contributed by atoms with Crippen LogP contribution in [0.3, 0.4) is 0 Å². The molecule has 9 nitrogen and oxygen atoms in total. The van der Waals surface area contributed by atoms with Crippen LogP contribution in [0.25, 0.3) is 0 Å². The molecule has 0 aromatic carbocycles. The lowest BCUT2D eigenvalue weighted by Gasteiger charge is -2.31. The third-order valence-corrected chi connectivity index (χ3v) is 5.50. The van der Waals surface area contributed by atoms with Gasteiger partial charge in [0, 0.05) is 38.4 Å². The van der Waals surface area contributed by atoms with Gasteiger partial charge in [-0.25, -0.2) is 4.79 Å². The second kappa shape index (κ2) is 8.06. The molecule has 0 radical (unpaired) electrons. The Morgan fingerprint density at radius 1 is 1.19 bits per heavy atom. The Bertz CT molecular complexity index is 777. The molecule has 0 bridgehead atoms. The fourth-order valence-corrected chi connectivity index (χ4v) is 3.92. The number of carbonyl (C=O) groups excluding carboxylic acids is 1. The number of aromatic nitrogens is 5. The van der Waals surface area contributed by atoms with Crippen LogP contribution in [0.2, 0.25) is 0 Å². The summed E-state index contributed by atoms with van der Waals surface area (Å²) in [5.41, 5.74) is 0. The van der Waals surface area contributed by atoms with Gasteiger partial charge in [-0.1, -0.05) is 18.5 Å². The summed E-state index contributed by atoms with van der Waals surface area (Å²) in [6, 6.07) is -0.0728. The number of hydrogen-bond acceptors (Lipinski definition) is 6. The number of fused-ring (bicyclic) bond motifs is 1. The Hall–Kier alpha value is -2.45. The second-order valence-corrected chi connectivity index (χ2v) is 7.31. The van der Waals surface area contributed by atoms with Gasteiger partial charge in [-0.2, -0.15) is 4.98 Å². The van der Waals surface area contributed by atoms with Crippen LogP contribution in [0.5, 0.6) is 0 Å². The molecule has 146 valence electrons. The molecule has 1 fully saturated rings. The van der Waals surface area contributed by atoms with Crippen LogP contribution in [-0.2, 0) is 25.9 Å². The third kappa shape index (κ3) is 3.96. The first-order valence-corrected chi connectivity index (χ1v) is 10.0. The normalized spacial score (nSPS) is 18.2. The zero-order chi connectivity index (χ0) is 18.6. The minimum Gasteiger partial charge on any atom is -0.339 e. The van der Waals surface area contributed by atoms with Gasteiger partial charge in [0.2, 0.25) is 5.89 Å². The summed E-state index contributed by atoms with van der Waals surface area (Å²) in [6.07, 6.45) is 7.25. The molecule has 0 aliphatic carbocycles. The van der Waals surface area contributed by atoms with Crippen molar-refractivity contribution in [2.45, 2.75) is 70.9 Å². The number of piperidine rings is 1. The molecule has 2 aliphatic rings. The van der Waals surface area contributed by atoms with E-state index in [1.807, 2.05) is 11.8 Å². The summed E-state index contributed by atoms with van der Waals surface area (Å²) in [5, 5.41) is 15.6. The van der Waals surface area contributed by atoms with Gasteiger partial charge in [0.1, 0.15) is 11.6 Å². The largest absolute Gasteiger partial charge is 0.339 e. The van der Waals surface area contributed by atoms with Crippen molar-refractivity contribution >= 4 is 6.03 Å². The number of aryl methyl sites for hydroxylation is 2. The summed E-state index contributed by atoms with van der Waals surface area (Å²) in [4.78, 5) is 18.5. The second-order valence-electron chi connectivity index (χ2n) is 7.31. The highest BCUT2D eigenvalue weighted by Crippen LogP contribution is 2.28. The molecule has 4 rings (SSSR count). The van der Waals surface area contributed by atoms with Crippen molar-refractivity contribution in [1.82, 2.24) is 35.1 Å². The highest BCUT2D eigenvalue weighted by Gasteiger charge is 2.28. The van der Waals surface area contributed by atoms with E-state index in [0.717, 1.165) is 50.5 Å². The summed E-state index contributed by atoms with van der Waals surface area (Å²) < 4.78 is 7.39. The molecule has 9 heteroatoms. The third-order valence-electron chi connectivity index (χ3n) is 5.50. The Balaban J connectivity index is 1.30. The molecule has 27 heavy (non-hydrogen) atoms. The standard InChI is InChI=1S/C18H27N7O2/c1-2-16-20-14(23-27-16)12-19-18(26)24-10-7-13(8-11-24)17-22-21-15-6-4-3-5-9-25(15)17/h13H,2-12H2,1H3,(H,19,26). The van der Waals surface area contributed by atoms with Crippen LogP contribution in [0, 0.1) is 0 Å². The van der Waals surface area contributed by atoms with E-state index in [0.29, 0.717) is 30.6 Å². The molecular weight excluding hydrogens is 346 g/mol. The van der Waals surface area contributed by atoms with Gasteiger partial charge in [0.05, 0.1) is 6.54 Å². The lowest BCUT2D eigenvalue weighted by Crippen LogP contribution is -2.44. The zero-order valence-electron chi connectivity index (χ0n) is 15.9. The van der Waals surface area contributed by atoms with Crippen LogP contribution >= 0.6 is 0 Å². The smallest absolute Gasteiger partial charge is 0.317 e. The SMILES string of the molecule is CCc1nc(CNC(=O)N2CCC(c3nnc4n3CCCCC4)CC2)no1. The van der Waals surface area contributed by atoms with Crippen molar-refractivity contribution in [3.8, 4) is 0 Å². The number of rotatable bonds is 4. The van der Waals surface area contributed by atoms with E-state index >= 15 is 0 Å². The Morgan fingerprint density at radius 2 is 2.04 bits per heavy atom.